The Hall–Kier alpha value is -1.59. The third kappa shape index (κ3) is 4.94. The smallest absolute Gasteiger partial charge is 0.230 e. The lowest BCUT2D eigenvalue weighted by atomic mass is 10.1. The van der Waals surface area contributed by atoms with Crippen LogP contribution in [0.2, 0.25) is 0 Å². The Morgan fingerprint density at radius 2 is 1.96 bits per heavy atom. The van der Waals surface area contributed by atoms with Crippen LogP contribution in [-0.2, 0) is 4.79 Å². The van der Waals surface area contributed by atoms with Crippen molar-refractivity contribution < 1.29 is 4.79 Å². The Kier molecular flexibility index (Phi) is 5.88. The van der Waals surface area contributed by atoms with E-state index in [1.807, 2.05) is 30.3 Å². The van der Waals surface area contributed by atoms with E-state index < -0.39 is 0 Å². The molecular formula is C18H23N3OS. The van der Waals surface area contributed by atoms with Crippen molar-refractivity contribution in [3.63, 3.8) is 0 Å². The van der Waals surface area contributed by atoms with Gasteiger partial charge in [-0.05, 0) is 38.1 Å². The number of carbonyl (C=O) groups is 1. The molecule has 2 aromatic rings. The second-order valence-corrected chi connectivity index (χ2v) is 6.88. The molecule has 1 amide bonds. The van der Waals surface area contributed by atoms with E-state index in [4.69, 9.17) is 0 Å². The lowest BCUT2D eigenvalue weighted by Crippen LogP contribution is -2.38. The summed E-state index contributed by atoms with van der Waals surface area (Å²) in [5.41, 5.74) is 0.975. The molecule has 0 spiro atoms. The van der Waals surface area contributed by atoms with Crippen molar-refractivity contribution in [3.8, 4) is 0 Å². The van der Waals surface area contributed by atoms with Gasteiger partial charge in [0.05, 0.1) is 16.3 Å². The first-order valence-corrected chi connectivity index (χ1v) is 9.27. The fourth-order valence-corrected chi connectivity index (χ4v) is 3.56. The molecule has 2 heterocycles. The second kappa shape index (κ2) is 8.31. The molecule has 0 unspecified atom stereocenters. The predicted molar refractivity (Wildman–Crippen MR) is 95.8 cm³/mol. The third-order valence-corrected chi connectivity index (χ3v) is 5.05. The van der Waals surface area contributed by atoms with Gasteiger partial charge in [-0.15, -0.1) is 0 Å². The van der Waals surface area contributed by atoms with Gasteiger partial charge < -0.3 is 10.2 Å². The first-order chi connectivity index (χ1) is 11.3. The van der Waals surface area contributed by atoms with Gasteiger partial charge in [0.25, 0.3) is 0 Å². The molecule has 23 heavy (non-hydrogen) atoms. The molecule has 122 valence electrons. The molecule has 0 atom stereocenters. The normalized spacial score (nSPS) is 15.7. The second-order valence-electron chi connectivity index (χ2n) is 5.88. The van der Waals surface area contributed by atoms with Gasteiger partial charge in [0.2, 0.25) is 5.91 Å². The number of rotatable bonds is 6. The number of hydrogen-bond donors (Lipinski definition) is 1. The van der Waals surface area contributed by atoms with Gasteiger partial charge in [0, 0.05) is 18.5 Å². The van der Waals surface area contributed by atoms with Crippen molar-refractivity contribution in [2.24, 2.45) is 0 Å². The predicted octanol–water partition coefficient (Wildman–Crippen LogP) is 2.93. The van der Waals surface area contributed by atoms with Crippen LogP contribution in [0.1, 0.15) is 19.3 Å². The summed E-state index contributed by atoms with van der Waals surface area (Å²) in [6.07, 6.45) is 3.92. The molecular weight excluding hydrogens is 306 g/mol. The molecule has 1 fully saturated rings. The zero-order valence-electron chi connectivity index (χ0n) is 13.3. The molecule has 1 aromatic heterocycles. The van der Waals surface area contributed by atoms with Crippen molar-refractivity contribution in [2.75, 3.05) is 31.9 Å². The van der Waals surface area contributed by atoms with Crippen LogP contribution in [-0.4, -0.2) is 47.7 Å². The summed E-state index contributed by atoms with van der Waals surface area (Å²) in [6.45, 7) is 4.05. The molecule has 1 aliphatic heterocycles. The van der Waals surface area contributed by atoms with Gasteiger partial charge in [-0.25, -0.2) is 4.98 Å². The molecule has 0 aliphatic carbocycles. The third-order valence-electron chi connectivity index (χ3n) is 4.12. The quantitative estimate of drug-likeness (QED) is 0.828. The Bertz CT molecular complexity index is 656. The average molecular weight is 329 g/mol. The minimum atomic E-state index is 0.0852. The number of thioether (sulfide) groups is 1. The van der Waals surface area contributed by atoms with E-state index in [0.717, 1.165) is 29.0 Å². The number of carbonyl (C=O) groups excluding carboxylic acids is 1. The van der Waals surface area contributed by atoms with E-state index in [1.165, 1.54) is 44.1 Å². The highest BCUT2D eigenvalue weighted by Gasteiger charge is 2.10. The number of aromatic nitrogens is 1. The van der Waals surface area contributed by atoms with Crippen molar-refractivity contribution in [1.82, 2.24) is 15.2 Å². The van der Waals surface area contributed by atoms with Gasteiger partial charge in [0.1, 0.15) is 0 Å². The molecule has 0 saturated carbocycles. The lowest BCUT2D eigenvalue weighted by molar-refractivity contribution is -0.118. The number of piperidine rings is 1. The summed E-state index contributed by atoms with van der Waals surface area (Å²) < 4.78 is 0. The number of pyridine rings is 1. The number of hydrogen-bond acceptors (Lipinski definition) is 4. The van der Waals surface area contributed by atoms with Crippen molar-refractivity contribution >= 4 is 28.6 Å². The fourth-order valence-electron chi connectivity index (χ4n) is 2.85. The standard InChI is InChI=1S/C18H23N3OS/c22-17(19-10-13-21-11-4-1-5-12-21)14-23-18-9-8-15-6-2-3-7-16(15)20-18/h2-3,6-9H,1,4-5,10-14H2,(H,19,22). The molecule has 3 rings (SSSR count). The van der Waals surface area contributed by atoms with E-state index in [0.29, 0.717) is 5.75 Å². The topological polar surface area (TPSA) is 45.2 Å². The molecule has 0 radical (unpaired) electrons. The van der Waals surface area contributed by atoms with Crippen LogP contribution < -0.4 is 5.32 Å². The summed E-state index contributed by atoms with van der Waals surface area (Å²) in [4.78, 5) is 19.0. The van der Waals surface area contributed by atoms with E-state index in [-0.39, 0.29) is 5.91 Å². The van der Waals surface area contributed by atoms with Gasteiger partial charge in [0.15, 0.2) is 0 Å². The van der Waals surface area contributed by atoms with Crippen LogP contribution in [0.25, 0.3) is 10.9 Å². The summed E-state index contributed by atoms with van der Waals surface area (Å²) in [7, 11) is 0. The number of fused-ring (bicyclic) bond motifs is 1. The lowest BCUT2D eigenvalue weighted by Gasteiger charge is -2.26. The number of nitrogens with zero attached hydrogens (tertiary/aromatic N) is 2. The summed E-state index contributed by atoms with van der Waals surface area (Å²) in [5.74, 6) is 0.507. The maximum absolute atomic E-state index is 11.9. The Morgan fingerprint density at radius 1 is 1.13 bits per heavy atom. The monoisotopic (exact) mass is 329 g/mol. The number of benzene rings is 1. The van der Waals surface area contributed by atoms with Gasteiger partial charge in [-0.3, -0.25) is 4.79 Å². The van der Waals surface area contributed by atoms with Crippen LogP contribution in [0.5, 0.6) is 0 Å². The van der Waals surface area contributed by atoms with E-state index >= 15 is 0 Å². The maximum Gasteiger partial charge on any atom is 0.230 e. The van der Waals surface area contributed by atoms with Crippen LogP contribution in [0.15, 0.2) is 41.4 Å². The largest absolute Gasteiger partial charge is 0.354 e. The van der Waals surface area contributed by atoms with Crippen molar-refractivity contribution in [3.05, 3.63) is 36.4 Å². The number of amides is 1. The highest BCUT2D eigenvalue weighted by Crippen LogP contribution is 2.19. The average Bonchev–Trinajstić information content (AvgIpc) is 2.61. The summed E-state index contributed by atoms with van der Waals surface area (Å²) in [5, 5.41) is 5.03. The minimum Gasteiger partial charge on any atom is -0.354 e. The maximum atomic E-state index is 11.9. The SMILES string of the molecule is O=C(CSc1ccc2ccccc2n1)NCCN1CCCCC1. The summed E-state index contributed by atoms with van der Waals surface area (Å²) in [6, 6.07) is 12.1. The number of nitrogens with one attached hydrogen (secondary N) is 1. The van der Waals surface area contributed by atoms with Gasteiger partial charge in [-0.2, -0.15) is 0 Å². The Balaban J connectivity index is 1.40. The zero-order chi connectivity index (χ0) is 15.9. The zero-order valence-corrected chi connectivity index (χ0v) is 14.1. The summed E-state index contributed by atoms with van der Waals surface area (Å²) >= 11 is 1.49. The van der Waals surface area contributed by atoms with Crippen LogP contribution in [0.3, 0.4) is 0 Å². The molecule has 1 N–H and O–H groups in total. The van der Waals surface area contributed by atoms with Crippen molar-refractivity contribution in [1.29, 1.82) is 0 Å². The van der Waals surface area contributed by atoms with E-state index in [1.54, 1.807) is 0 Å². The number of likely N-dealkylation sites (tertiary alicyclic amines) is 1. The number of para-hydroxylation sites is 1. The fraction of sp³-hybridized carbons (Fsp3) is 0.444. The molecule has 1 aliphatic rings. The molecule has 1 aromatic carbocycles. The van der Waals surface area contributed by atoms with Gasteiger partial charge in [-0.1, -0.05) is 42.4 Å². The van der Waals surface area contributed by atoms with Gasteiger partial charge >= 0.3 is 0 Å². The van der Waals surface area contributed by atoms with Crippen molar-refractivity contribution in [2.45, 2.75) is 24.3 Å². The Labute approximate surface area is 141 Å². The minimum absolute atomic E-state index is 0.0852. The van der Waals surface area contributed by atoms with Crippen LogP contribution in [0.4, 0.5) is 0 Å². The van der Waals surface area contributed by atoms with E-state index in [9.17, 15) is 4.79 Å². The molecule has 4 nitrogen and oxygen atoms in total. The molecule has 0 bridgehead atoms. The highest BCUT2D eigenvalue weighted by molar-refractivity contribution is 7.99. The molecule has 1 saturated heterocycles. The Morgan fingerprint density at radius 3 is 2.83 bits per heavy atom. The first-order valence-electron chi connectivity index (χ1n) is 8.29. The highest BCUT2D eigenvalue weighted by atomic mass is 32.2. The van der Waals surface area contributed by atoms with E-state index in [2.05, 4.69) is 21.3 Å². The first kappa shape index (κ1) is 16.3. The van der Waals surface area contributed by atoms with Crippen LogP contribution >= 0.6 is 11.8 Å². The van der Waals surface area contributed by atoms with Crippen LogP contribution in [0, 0.1) is 0 Å². The molecule has 5 heteroatoms.